The van der Waals surface area contributed by atoms with E-state index >= 15 is 0 Å². The Labute approximate surface area is 219 Å². The molecule has 37 heavy (non-hydrogen) atoms. The summed E-state index contributed by atoms with van der Waals surface area (Å²) >= 11 is 6.22. The van der Waals surface area contributed by atoms with E-state index in [2.05, 4.69) is 5.32 Å². The first kappa shape index (κ1) is 25.2. The number of nitrogens with one attached hydrogen (secondary N) is 1. The van der Waals surface area contributed by atoms with Gasteiger partial charge in [0, 0.05) is 37.2 Å². The molecule has 1 aliphatic heterocycles. The van der Waals surface area contributed by atoms with Gasteiger partial charge in [-0.3, -0.25) is 0 Å². The first-order valence-electron chi connectivity index (χ1n) is 11.8. The predicted octanol–water partition coefficient (Wildman–Crippen LogP) is 4.80. The van der Waals surface area contributed by atoms with Gasteiger partial charge in [-0.05, 0) is 41.8 Å². The van der Waals surface area contributed by atoms with E-state index in [1.165, 1.54) is 31.3 Å². The standard InChI is InChI=1S/C28H28ClFN2O5/c1-32(2)26(33)31-24-15-21(16-6-5-7-19(30)12-16)28(17-8-10-18(29)11-9-17)27(24,34)25-22(36-4)13-20(35-3)14-23(25)37-28/h5-14,21,24,34H,15H2,1-4H3,(H,31,33)/t21?,24-,27+,28-/m0/s1. The van der Waals surface area contributed by atoms with Crippen LogP contribution >= 0.6 is 11.6 Å². The van der Waals surface area contributed by atoms with E-state index in [0.29, 0.717) is 39.0 Å². The van der Waals surface area contributed by atoms with Crippen LogP contribution in [0.3, 0.4) is 0 Å². The molecule has 1 saturated carbocycles. The molecule has 0 spiro atoms. The highest BCUT2D eigenvalue weighted by atomic mass is 35.5. The molecule has 1 fully saturated rings. The van der Waals surface area contributed by atoms with Crippen LogP contribution in [0.5, 0.6) is 17.2 Å². The van der Waals surface area contributed by atoms with Gasteiger partial charge in [0.05, 0.1) is 25.8 Å². The van der Waals surface area contributed by atoms with Crippen molar-refractivity contribution in [1.29, 1.82) is 0 Å². The van der Waals surface area contributed by atoms with Crippen LogP contribution in [0.4, 0.5) is 9.18 Å². The minimum atomic E-state index is -1.81. The molecule has 0 bridgehead atoms. The van der Waals surface area contributed by atoms with Crippen molar-refractivity contribution in [3.8, 4) is 17.2 Å². The maximum absolute atomic E-state index is 14.5. The van der Waals surface area contributed by atoms with Gasteiger partial charge in [-0.2, -0.15) is 0 Å². The van der Waals surface area contributed by atoms with Crippen molar-refractivity contribution in [3.63, 3.8) is 0 Å². The Kier molecular flexibility index (Phi) is 6.20. The fourth-order valence-electron chi connectivity index (χ4n) is 5.79. The van der Waals surface area contributed by atoms with Crippen LogP contribution in [0.25, 0.3) is 0 Å². The van der Waals surface area contributed by atoms with E-state index < -0.39 is 29.0 Å². The minimum absolute atomic E-state index is 0.261. The summed E-state index contributed by atoms with van der Waals surface area (Å²) in [5.74, 6) is 0.185. The number of carbonyl (C=O) groups excluding carboxylic acids is 1. The van der Waals surface area contributed by atoms with Crippen LogP contribution in [0.2, 0.25) is 5.02 Å². The molecule has 4 atom stereocenters. The van der Waals surface area contributed by atoms with Gasteiger partial charge in [0.2, 0.25) is 0 Å². The first-order chi connectivity index (χ1) is 17.6. The second-order valence-corrected chi connectivity index (χ2v) is 9.99. The molecule has 3 aromatic carbocycles. The molecular formula is C28H28ClFN2O5. The van der Waals surface area contributed by atoms with Crippen LogP contribution in [-0.4, -0.2) is 50.4 Å². The number of halogens is 2. The van der Waals surface area contributed by atoms with Gasteiger partial charge >= 0.3 is 6.03 Å². The summed E-state index contributed by atoms with van der Waals surface area (Å²) in [6, 6.07) is 15.3. The number of urea groups is 1. The van der Waals surface area contributed by atoms with Crippen molar-refractivity contribution in [2.45, 2.75) is 29.6 Å². The zero-order chi connectivity index (χ0) is 26.5. The number of rotatable bonds is 5. The highest BCUT2D eigenvalue weighted by molar-refractivity contribution is 6.30. The number of carbonyl (C=O) groups is 1. The van der Waals surface area contributed by atoms with E-state index in [-0.39, 0.29) is 12.5 Å². The van der Waals surface area contributed by atoms with Crippen molar-refractivity contribution in [2.24, 2.45) is 0 Å². The summed E-state index contributed by atoms with van der Waals surface area (Å²) in [6.45, 7) is 0. The van der Waals surface area contributed by atoms with Crippen LogP contribution < -0.4 is 19.5 Å². The molecule has 0 radical (unpaired) electrons. The maximum Gasteiger partial charge on any atom is 0.317 e. The zero-order valence-corrected chi connectivity index (χ0v) is 21.7. The second-order valence-electron chi connectivity index (χ2n) is 9.55. The third-order valence-corrected chi connectivity index (χ3v) is 7.66. The van der Waals surface area contributed by atoms with Gasteiger partial charge in [-0.1, -0.05) is 35.9 Å². The SMILES string of the molecule is COc1cc(OC)c2c(c1)O[C@@]1(c3ccc(Cl)cc3)C(c3cccc(F)c3)C[C@H](NC(=O)N(C)C)[C@@]21O. The van der Waals surface area contributed by atoms with Crippen molar-refractivity contribution in [2.75, 3.05) is 28.3 Å². The molecule has 7 nitrogen and oxygen atoms in total. The fraction of sp³-hybridized carbons (Fsp3) is 0.321. The van der Waals surface area contributed by atoms with Crippen LogP contribution in [-0.2, 0) is 11.2 Å². The Morgan fingerprint density at radius 2 is 1.86 bits per heavy atom. The van der Waals surface area contributed by atoms with Crippen molar-refractivity contribution in [3.05, 3.63) is 88.2 Å². The molecule has 1 unspecified atom stereocenters. The van der Waals surface area contributed by atoms with Gasteiger partial charge in [-0.25, -0.2) is 9.18 Å². The Morgan fingerprint density at radius 1 is 1.14 bits per heavy atom. The molecule has 0 saturated heterocycles. The number of methoxy groups -OCH3 is 2. The van der Waals surface area contributed by atoms with Gasteiger partial charge in [0.1, 0.15) is 23.1 Å². The quantitative estimate of drug-likeness (QED) is 0.499. The molecular weight excluding hydrogens is 499 g/mol. The Balaban J connectivity index is 1.83. The van der Waals surface area contributed by atoms with Gasteiger partial charge < -0.3 is 29.5 Å². The topological polar surface area (TPSA) is 80.3 Å². The molecule has 1 aliphatic carbocycles. The summed E-state index contributed by atoms with van der Waals surface area (Å²) < 4.78 is 32.4. The molecule has 3 aromatic rings. The monoisotopic (exact) mass is 526 g/mol. The number of benzene rings is 3. The molecule has 2 amide bonds. The first-order valence-corrected chi connectivity index (χ1v) is 12.2. The van der Waals surface area contributed by atoms with Crippen molar-refractivity contribution < 1.29 is 28.5 Å². The Bertz CT molecular complexity index is 1350. The van der Waals surface area contributed by atoms with Crippen LogP contribution in [0.1, 0.15) is 29.0 Å². The highest BCUT2D eigenvalue weighted by Crippen LogP contribution is 2.68. The Hall–Kier alpha value is -3.49. The number of fused-ring (bicyclic) bond motifs is 3. The molecule has 1 heterocycles. The lowest BCUT2D eigenvalue weighted by Crippen LogP contribution is -2.57. The normalized spacial score (nSPS) is 25.6. The summed E-state index contributed by atoms with van der Waals surface area (Å²) in [5, 5.41) is 16.4. The maximum atomic E-state index is 14.5. The lowest BCUT2D eigenvalue weighted by Gasteiger charge is -2.41. The van der Waals surface area contributed by atoms with Gasteiger partial charge in [-0.15, -0.1) is 0 Å². The molecule has 5 rings (SSSR count). The largest absolute Gasteiger partial charge is 0.496 e. The number of hydrogen-bond acceptors (Lipinski definition) is 5. The summed E-state index contributed by atoms with van der Waals surface area (Å²) in [4.78, 5) is 14.3. The van der Waals surface area contributed by atoms with Crippen molar-refractivity contribution >= 4 is 17.6 Å². The van der Waals surface area contributed by atoms with Gasteiger partial charge in [0.15, 0.2) is 11.2 Å². The number of hydrogen-bond donors (Lipinski definition) is 2. The van der Waals surface area contributed by atoms with Crippen LogP contribution in [0.15, 0.2) is 60.7 Å². The smallest absolute Gasteiger partial charge is 0.317 e. The van der Waals surface area contributed by atoms with Gasteiger partial charge in [0.25, 0.3) is 0 Å². The van der Waals surface area contributed by atoms with Crippen LogP contribution in [0, 0.1) is 5.82 Å². The summed E-state index contributed by atoms with van der Waals surface area (Å²) in [5.41, 5.74) is -1.65. The van der Waals surface area contributed by atoms with E-state index in [1.54, 1.807) is 62.6 Å². The Morgan fingerprint density at radius 3 is 2.49 bits per heavy atom. The highest BCUT2D eigenvalue weighted by Gasteiger charge is 2.74. The number of nitrogens with zero attached hydrogens (tertiary/aromatic N) is 1. The summed E-state index contributed by atoms with van der Waals surface area (Å²) in [7, 11) is 6.26. The van der Waals surface area contributed by atoms with E-state index in [9.17, 15) is 14.3 Å². The zero-order valence-electron chi connectivity index (χ0n) is 20.9. The van der Waals surface area contributed by atoms with E-state index in [4.69, 9.17) is 25.8 Å². The van der Waals surface area contributed by atoms with E-state index in [1.807, 2.05) is 0 Å². The number of ether oxygens (including phenoxy) is 3. The summed E-state index contributed by atoms with van der Waals surface area (Å²) in [6.07, 6.45) is 0.261. The fourth-order valence-corrected chi connectivity index (χ4v) is 5.92. The number of aliphatic hydroxyl groups is 1. The van der Waals surface area contributed by atoms with E-state index in [0.717, 1.165) is 0 Å². The molecule has 9 heteroatoms. The third kappa shape index (κ3) is 3.69. The predicted molar refractivity (Wildman–Crippen MR) is 137 cm³/mol. The minimum Gasteiger partial charge on any atom is -0.496 e. The molecule has 2 N–H and O–H groups in total. The second kappa shape index (κ2) is 9.11. The number of amides is 2. The average Bonchev–Trinajstić information content (AvgIpc) is 3.29. The molecule has 194 valence electrons. The molecule has 2 aliphatic rings. The lowest BCUT2D eigenvalue weighted by atomic mass is 9.71. The molecule has 0 aromatic heterocycles. The third-order valence-electron chi connectivity index (χ3n) is 7.41. The average molecular weight is 527 g/mol. The van der Waals surface area contributed by atoms with Crippen molar-refractivity contribution in [1.82, 2.24) is 10.2 Å². The lowest BCUT2D eigenvalue weighted by molar-refractivity contribution is -0.116.